The average molecular weight is 425 g/mol. The van der Waals surface area contributed by atoms with Gasteiger partial charge in [0, 0.05) is 9.90 Å². The zero-order valence-corrected chi connectivity index (χ0v) is 17.1. The molecule has 2 fully saturated rings. The van der Waals surface area contributed by atoms with Crippen LogP contribution < -0.4 is 9.96 Å². The summed E-state index contributed by atoms with van der Waals surface area (Å²) in [6.07, 6.45) is -0.867. The molecule has 3 unspecified atom stereocenters. The zero-order chi connectivity index (χ0) is 20.1. The van der Waals surface area contributed by atoms with E-state index in [4.69, 9.17) is 16.4 Å². The van der Waals surface area contributed by atoms with E-state index in [2.05, 4.69) is 0 Å². The van der Waals surface area contributed by atoms with Crippen molar-refractivity contribution in [3.8, 4) is 0 Å². The quantitative estimate of drug-likeness (QED) is 0.569. The number of benzene rings is 2. The summed E-state index contributed by atoms with van der Waals surface area (Å²) in [5.41, 5.74) is 2.02. The molecule has 0 aliphatic carbocycles. The summed E-state index contributed by atoms with van der Waals surface area (Å²) in [7, 11) is 0. The second-order valence-electron chi connectivity index (χ2n) is 7.07. The smallest absolute Gasteiger partial charge is 0.266 e. The van der Waals surface area contributed by atoms with Crippen LogP contribution in [-0.4, -0.2) is 17.9 Å². The molecule has 0 saturated carbocycles. The van der Waals surface area contributed by atoms with Crippen LogP contribution in [0.3, 0.4) is 0 Å². The summed E-state index contributed by atoms with van der Waals surface area (Å²) < 4.78 is 0. The first-order chi connectivity index (χ1) is 14.1. The number of carbonyl (C=O) groups is 2. The number of thiophene rings is 1. The molecule has 2 aliphatic rings. The van der Waals surface area contributed by atoms with Crippen LogP contribution in [0.2, 0.25) is 5.02 Å². The number of hydrogen-bond acceptors (Lipinski definition) is 5. The highest BCUT2D eigenvalue weighted by Crippen LogP contribution is 2.49. The van der Waals surface area contributed by atoms with E-state index < -0.39 is 12.0 Å². The molecular formula is C22H17ClN2O3S. The van der Waals surface area contributed by atoms with Gasteiger partial charge >= 0.3 is 0 Å². The van der Waals surface area contributed by atoms with Gasteiger partial charge in [0.05, 0.1) is 11.4 Å². The van der Waals surface area contributed by atoms with Crippen molar-refractivity contribution in [1.82, 2.24) is 0 Å². The number of carbonyl (C=O) groups excluding carboxylic acids is 2. The molecule has 2 aromatic carbocycles. The molecular weight excluding hydrogens is 408 g/mol. The Morgan fingerprint density at radius 3 is 2.48 bits per heavy atom. The van der Waals surface area contributed by atoms with Gasteiger partial charge in [0.25, 0.3) is 5.91 Å². The average Bonchev–Trinajstić information content (AvgIpc) is 3.43. The lowest BCUT2D eigenvalue weighted by molar-refractivity contribution is -0.126. The van der Waals surface area contributed by atoms with Crippen LogP contribution in [0.4, 0.5) is 11.4 Å². The summed E-state index contributed by atoms with van der Waals surface area (Å²) >= 11 is 7.78. The van der Waals surface area contributed by atoms with Gasteiger partial charge in [-0.15, -0.1) is 11.3 Å². The van der Waals surface area contributed by atoms with E-state index >= 15 is 0 Å². The second kappa shape index (κ2) is 6.99. The summed E-state index contributed by atoms with van der Waals surface area (Å²) in [6.45, 7) is 1.81. The number of hydrogen-bond donors (Lipinski definition) is 0. The highest BCUT2D eigenvalue weighted by Gasteiger charge is 2.60. The van der Waals surface area contributed by atoms with Gasteiger partial charge in [0.1, 0.15) is 12.0 Å². The van der Waals surface area contributed by atoms with E-state index in [1.165, 1.54) is 4.90 Å². The lowest BCUT2D eigenvalue weighted by Gasteiger charge is -2.28. The van der Waals surface area contributed by atoms with Crippen molar-refractivity contribution < 1.29 is 14.4 Å². The Morgan fingerprint density at radius 1 is 0.966 bits per heavy atom. The van der Waals surface area contributed by atoms with Gasteiger partial charge < -0.3 is 0 Å². The molecule has 0 spiro atoms. The Hall–Kier alpha value is -2.67. The Bertz CT molecular complexity index is 1090. The molecule has 29 heavy (non-hydrogen) atoms. The van der Waals surface area contributed by atoms with Gasteiger partial charge in [0.15, 0.2) is 6.10 Å². The molecule has 1 aromatic heterocycles. The molecule has 2 amide bonds. The van der Waals surface area contributed by atoms with Gasteiger partial charge in [-0.2, -0.15) is 0 Å². The first-order valence-electron chi connectivity index (χ1n) is 9.25. The molecule has 0 bridgehead atoms. The van der Waals surface area contributed by atoms with Crippen molar-refractivity contribution in [2.75, 3.05) is 9.96 Å². The highest BCUT2D eigenvalue weighted by atomic mass is 35.5. The van der Waals surface area contributed by atoms with Gasteiger partial charge in [-0.25, -0.2) is 9.96 Å². The maximum atomic E-state index is 13.5. The number of rotatable bonds is 3. The molecule has 5 nitrogen and oxygen atoms in total. The Balaban J connectivity index is 1.59. The normalized spacial score (nSPS) is 23.7. The maximum Gasteiger partial charge on any atom is 0.266 e. The fraction of sp³-hybridized carbons (Fsp3) is 0.182. The van der Waals surface area contributed by atoms with Crippen LogP contribution in [0.5, 0.6) is 0 Å². The van der Waals surface area contributed by atoms with Gasteiger partial charge in [0.2, 0.25) is 5.91 Å². The summed E-state index contributed by atoms with van der Waals surface area (Å²) in [4.78, 5) is 35.1. The first kappa shape index (κ1) is 18.4. The van der Waals surface area contributed by atoms with E-state index in [1.807, 2.05) is 47.8 Å². The molecule has 2 saturated heterocycles. The van der Waals surface area contributed by atoms with E-state index in [1.54, 1.807) is 41.5 Å². The van der Waals surface area contributed by atoms with Crippen molar-refractivity contribution in [2.45, 2.75) is 19.1 Å². The standard InChI is InChI=1S/C22H17ClN2O3S/c1-13-15(23)9-5-10-16(13)24-21(26)18-19(17-11-6-12-29-17)25(28-20(18)22(24)27)14-7-3-2-4-8-14/h2-12,18-20H,1H3. The Morgan fingerprint density at radius 2 is 1.76 bits per heavy atom. The second-order valence-corrected chi connectivity index (χ2v) is 8.46. The number of nitrogens with zero attached hydrogens (tertiary/aromatic N) is 2. The number of anilines is 2. The fourth-order valence-corrected chi connectivity index (χ4v) is 5.06. The molecule has 7 heteroatoms. The minimum absolute atomic E-state index is 0.262. The molecule has 5 rings (SSSR count). The third kappa shape index (κ3) is 2.79. The van der Waals surface area contributed by atoms with Crippen molar-refractivity contribution in [3.63, 3.8) is 0 Å². The third-order valence-corrected chi connectivity index (χ3v) is 6.79. The van der Waals surface area contributed by atoms with E-state index in [0.29, 0.717) is 16.3 Å². The first-order valence-corrected chi connectivity index (χ1v) is 10.5. The van der Waals surface area contributed by atoms with E-state index in [9.17, 15) is 9.59 Å². The molecule has 0 radical (unpaired) electrons. The van der Waals surface area contributed by atoms with Crippen LogP contribution in [0.25, 0.3) is 0 Å². The molecule has 3 aromatic rings. The van der Waals surface area contributed by atoms with Gasteiger partial charge in [-0.3, -0.25) is 14.4 Å². The Kier molecular flexibility index (Phi) is 4.42. The Labute approximate surface area is 177 Å². The lowest BCUT2D eigenvalue weighted by Crippen LogP contribution is -2.37. The number of halogens is 1. The van der Waals surface area contributed by atoms with Crippen LogP contribution in [0, 0.1) is 12.8 Å². The molecule has 3 heterocycles. The predicted molar refractivity (Wildman–Crippen MR) is 113 cm³/mol. The SMILES string of the molecule is Cc1c(Cl)cccc1N1C(=O)C2ON(c3ccccc3)C(c3cccs3)C2C1=O. The van der Waals surface area contributed by atoms with Crippen LogP contribution in [0.1, 0.15) is 16.5 Å². The zero-order valence-electron chi connectivity index (χ0n) is 15.5. The van der Waals surface area contributed by atoms with Crippen molar-refractivity contribution >= 4 is 46.1 Å². The topological polar surface area (TPSA) is 49.9 Å². The van der Waals surface area contributed by atoms with Gasteiger partial charge in [-0.1, -0.05) is 41.9 Å². The fourth-order valence-electron chi connectivity index (χ4n) is 4.04. The summed E-state index contributed by atoms with van der Waals surface area (Å²) in [5.74, 6) is -1.24. The number of amides is 2. The summed E-state index contributed by atoms with van der Waals surface area (Å²) in [6, 6.07) is 18.3. The van der Waals surface area contributed by atoms with Crippen molar-refractivity contribution in [1.29, 1.82) is 0 Å². The van der Waals surface area contributed by atoms with Gasteiger partial charge in [-0.05, 0) is 48.2 Å². The van der Waals surface area contributed by atoms with E-state index in [0.717, 1.165) is 10.6 Å². The maximum absolute atomic E-state index is 13.5. The highest BCUT2D eigenvalue weighted by molar-refractivity contribution is 7.10. The largest absolute Gasteiger partial charge is 0.273 e. The van der Waals surface area contributed by atoms with Crippen LogP contribution >= 0.6 is 22.9 Å². The minimum atomic E-state index is -0.867. The lowest BCUT2D eigenvalue weighted by atomic mass is 9.95. The predicted octanol–water partition coefficient (Wildman–Crippen LogP) is 4.76. The number of para-hydroxylation sites is 1. The summed E-state index contributed by atoms with van der Waals surface area (Å²) in [5, 5.41) is 4.19. The van der Waals surface area contributed by atoms with Crippen LogP contribution in [-0.2, 0) is 14.4 Å². The molecule has 2 aliphatic heterocycles. The van der Waals surface area contributed by atoms with Crippen LogP contribution in [0.15, 0.2) is 66.0 Å². The third-order valence-electron chi connectivity index (χ3n) is 5.44. The monoisotopic (exact) mass is 424 g/mol. The van der Waals surface area contributed by atoms with Crippen molar-refractivity contribution in [3.05, 3.63) is 81.5 Å². The molecule has 3 atom stereocenters. The number of hydroxylamine groups is 1. The molecule has 0 N–H and O–H groups in total. The molecule has 146 valence electrons. The van der Waals surface area contributed by atoms with Crippen molar-refractivity contribution in [2.24, 2.45) is 5.92 Å². The van der Waals surface area contributed by atoms with E-state index in [-0.39, 0.29) is 17.9 Å². The number of imide groups is 1. The minimum Gasteiger partial charge on any atom is -0.273 e. The number of fused-ring (bicyclic) bond motifs is 1.